The van der Waals surface area contributed by atoms with Gasteiger partial charge in [-0.1, -0.05) is 66.2 Å². The highest BCUT2D eigenvalue weighted by atomic mass is 32.1. The van der Waals surface area contributed by atoms with Crippen molar-refractivity contribution in [2.24, 2.45) is 29.2 Å². The van der Waals surface area contributed by atoms with Crippen LogP contribution in [0.2, 0.25) is 0 Å². The van der Waals surface area contributed by atoms with E-state index in [-0.39, 0.29) is 18.6 Å². The molecule has 10 atom stereocenters. The molecule has 0 fully saturated rings. The van der Waals surface area contributed by atoms with Crippen LogP contribution < -0.4 is 59.3 Å². The van der Waals surface area contributed by atoms with Crippen molar-refractivity contribution < 1.29 is 87.5 Å². The molecule has 0 bridgehead atoms. The number of hydrogen-bond donors (Lipinski definition) is 17. The lowest BCUT2D eigenvalue weighted by molar-refractivity contribution is -0.147. The van der Waals surface area contributed by atoms with Gasteiger partial charge in [0.1, 0.15) is 48.3 Å². The van der Waals surface area contributed by atoms with Crippen molar-refractivity contribution in [3.8, 4) is 0 Å². The number of H-pyrrole nitrogens is 1. The molecule has 0 spiro atoms. The Morgan fingerprint density at radius 1 is 0.562 bits per heavy atom. The number of para-hydroxylation sites is 1. The zero-order valence-corrected chi connectivity index (χ0v) is 45.7. The second-order valence-corrected chi connectivity index (χ2v) is 19.8. The maximum absolute atomic E-state index is 14.0. The second kappa shape index (κ2) is 32.5. The molecule has 0 aliphatic rings. The minimum atomic E-state index is -1.98. The van der Waals surface area contributed by atoms with Crippen LogP contribution >= 0.6 is 12.6 Å². The molecule has 0 saturated heterocycles. The quantitative estimate of drug-likeness (QED) is 0.0293. The third kappa shape index (κ3) is 22.2. The molecule has 0 aliphatic heterocycles. The fraction of sp³-hybridized carbons (Fsp3) is 0.551. The van der Waals surface area contributed by atoms with E-state index in [1.54, 1.807) is 38.1 Å². The van der Waals surface area contributed by atoms with Gasteiger partial charge in [-0.25, -0.2) is 4.79 Å². The SMILES string of the molecule is CC[C@H](C)[C@H](NC(=O)CNC(=O)[C@@H](NC(=O)[C@H](CC(=O)O)NC(=O)[C@@H](N)CS)C(C)C)C(=O)N[C@@H](CCC(N)=O)C(=O)N[C@H](C(=O)N[C@@H](CC(=O)O)C(=O)N[C@@H](Cc1c[nH]c2ccccc12)C(=O)N[C@@H](CC(=O)O)C(=O)O)C(C)C. The van der Waals surface area contributed by atoms with Gasteiger partial charge in [-0.2, -0.15) is 12.6 Å². The highest BCUT2D eigenvalue weighted by Gasteiger charge is 2.37. The van der Waals surface area contributed by atoms with Crippen LogP contribution in [0.1, 0.15) is 85.6 Å². The zero-order chi connectivity index (χ0) is 60.7. The van der Waals surface area contributed by atoms with Crippen LogP contribution in [0.3, 0.4) is 0 Å². The van der Waals surface area contributed by atoms with E-state index in [4.69, 9.17) is 11.5 Å². The summed E-state index contributed by atoms with van der Waals surface area (Å²) in [5.41, 5.74) is 12.0. The molecule has 0 unspecified atom stereocenters. The van der Waals surface area contributed by atoms with Gasteiger partial charge in [0, 0.05) is 35.7 Å². The highest BCUT2D eigenvalue weighted by Crippen LogP contribution is 2.20. The summed E-state index contributed by atoms with van der Waals surface area (Å²) in [5, 5.41) is 59.5. The van der Waals surface area contributed by atoms with Crippen LogP contribution in [0.15, 0.2) is 30.5 Å². The fourth-order valence-electron chi connectivity index (χ4n) is 7.64. The van der Waals surface area contributed by atoms with Crippen LogP contribution in [0.5, 0.6) is 0 Å². The van der Waals surface area contributed by atoms with Gasteiger partial charge in [-0.15, -0.1) is 0 Å². The molecule has 80 heavy (non-hydrogen) atoms. The number of aromatic amines is 1. The van der Waals surface area contributed by atoms with Gasteiger partial charge in [-0.3, -0.25) is 62.3 Å². The first-order valence-electron chi connectivity index (χ1n) is 25.2. The molecular formula is C49H72N12O18S. The molecular weight excluding hydrogens is 1080 g/mol. The topological polar surface area (TPSA) is 496 Å². The largest absolute Gasteiger partial charge is 0.481 e. The first kappa shape index (κ1) is 67.8. The van der Waals surface area contributed by atoms with E-state index in [1.165, 1.54) is 33.9 Å². The molecule has 10 amide bonds. The minimum absolute atomic E-state index is 0.132. The molecule has 31 heteroatoms. The van der Waals surface area contributed by atoms with Gasteiger partial charge in [0.05, 0.1) is 31.8 Å². The molecule has 30 nitrogen and oxygen atoms in total. The number of aromatic nitrogens is 1. The number of primary amides is 1. The van der Waals surface area contributed by atoms with Gasteiger partial charge in [-0.05, 0) is 35.8 Å². The lowest BCUT2D eigenvalue weighted by Gasteiger charge is -2.29. The van der Waals surface area contributed by atoms with Crippen LogP contribution in [-0.4, -0.2) is 175 Å². The smallest absolute Gasteiger partial charge is 0.326 e. The number of carbonyl (C=O) groups excluding carboxylic acids is 10. The number of hydrogen-bond acceptors (Lipinski definition) is 16. The molecule has 0 saturated carbocycles. The van der Waals surface area contributed by atoms with Crippen molar-refractivity contribution in [3.05, 3.63) is 36.0 Å². The van der Waals surface area contributed by atoms with E-state index >= 15 is 0 Å². The fourth-order valence-corrected chi connectivity index (χ4v) is 7.80. The number of benzene rings is 1. The first-order chi connectivity index (χ1) is 37.4. The molecule has 1 aromatic carbocycles. The van der Waals surface area contributed by atoms with Crippen LogP contribution in [0.4, 0.5) is 0 Å². The van der Waals surface area contributed by atoms with Crippen molar-refractivity contribution in [2.45, 2.75) is 141 Å². The summed E-state index contributed by atoms with van der Waals surface area (Å²) in [4.78, 5) is 184. The Morgan fingerprint density at radius 2 is 1.01 bits per heavy atom. The molecule has 2 aromatic rings. The number of carboxylic acids is 4. The number of fused-ring (bicyclic) bond motifs is 1. The van der Waals surface area contributed by atoms with E-state index in [1.807, 2.05) is 0 Å². The van der Waals surface area contributed by atoms with Crippen molar-refractivity contribution in [1.29, 1.82) is 0 Å². The first-order valence-corrected chi connectivity index (χ1v) is 25.8. The molecule has 442 valence electrons. The number of rotatable bonds is 35. The number of amides is 10. The van der Waals surface area contributed by atoms with Crippen LogP contribution in [0.25, 0.3) is 10.9 Å². The van der Waals surface area contributed by atoms with Crippen molar-refractivity contribution in [2.75, 3.05) is 12.3 Å². The molecule has 1 heterocycles. The van der Waals surface area contributed by atoms with Crippen molar-refractivity contribution >= 4 is 106 Å². The maximum atomic E-state index is 14.0. The summed E-state index contributed by atoms with van der Waals surface area (Å²) < 4.78 is 0. The van der Waals surface area contributed by atoms with Crippen LogP contribution in [-0.2, 0) is 73.5 Å². The number of nitrogens with two attached hydrogens (primary N) is 2. The average Bonchev–Trinajstić information content (AvgIpc) is 3.79. The van der Waals surface area contributed by atoms with E-state index in [9.17, 15) is 87.5 Å². The third-order valence-electron chi connectivity index (χ3n) is 12.3. The van der Waals surface area contributed by atoms with Gasteiger partial charge >= 0.3 is 23.9 Å². The molecule has 18 N–H and O–H groups in total. The second-order valence-electron chi connectivity index (χ2n) is 19.4. The van der Waals surface area contributed by atoms with Crippen molar-refractivity contribution in [3.63, 3.8) is 0 Å². The Morgan fingerprint density at radius 3 is 1.52 bits per heavy atom. The monoisotopic (exact) mass is 1150 g/mol. The summed E-state index contributed by atoms with van der Waals surface area (Å²) >= 11 is 3.91. The summed E-state index contributed by atoms with van der Waals surface area (Å²) in [6.07, 6.45) is -2.60. The molecule has 1 aromatic heterocycles. The third-order valence-corrected chi connectivity index (χ3v) is 12.7. The molecule has 0 aliphatic carbocycles. The predicted molar refractivity (Wildman–Crippen MR) is 284 cm³/mol. The maximum Gasteiger partial charge on any atom is 0.326 e. The number of aliphatic carboxylic acids is 4. The summed E-state index contributed by atoms with van der Waals surface area (Å²) in [5.74, 6) is -19.0. The van der Waals surface area contributed by atoms with Gasteiger partial charge < -0.3 is 84.7 Å². The molecule has 0 radical (unpaired) electrons. The minimum Gasteiger partial charge on any atom is -0.481 e. The predicted octanol–water partition coefficient (Wildman–Crippen LogP) is -3.91. The van der Waals surface area contributed by atoms with Gasteiger partial charge in [0.2, 0.25) is 59.1 Å². The Balaban J connectivity index is 2.35. The van der Waals surface area contributed by atoms with Gasteiger partial charge in [0.25, 0.3) is 0 Å². The normalized spacial score (nSPS) is 14.9. The Hall–Kier alpha value is -8.35. The van der Waals surface area contributed by atoms with Gasteiger partial charge in [0.15, 0.2) is 0 Å². The van der Waals surface area contributed by atoms with Crippen molar-refractivity contribution in [1.82, 2.24) is 52.8 Å². The zero-order valence-electron chi connectivity index (χ0n) is 44.8. The number of carbonyl (C=O) groups is 14. The standard InChI is InChI=1S/C49H72N12O18S/c1-7-23(6)40(59-34(63)19-53-46(75)38(21(2)3)60-45(74)31(16-36(66)67)55-41(70)26(50)20-80)48(77)54-28(12-13-33(51)62)42(71)61-39(22(4)5)47(76)57-30(15-35(64)65)44(73)56-29(43(72)58-32(49(78)79)17-37(68)69)14-24-18-52-27-11-9-8-10-25(24)27/h8-11,18,21-23,26,28-32,38-40,52,80H,7,12-17,19-20,50H2,1-6H3,(H2,51,62)(H,53,75)(H,54,77)(H,55,70)(H,56,73)(H,57,76)(H,58,72)(H,59,63)(H,60,74)(H,61,71)(H,64,65)(H,66,67)(H,68,69)(H,78,79)/t23-,26-,28-,29-,30-,31-,32-,38-,39-,40-/m0/s1. The van der Waals surface area contributed by atoms with E-state index in [0.717, 1.165) is 0 Å². The van der Waals surface area contributed by atoms with E-state index in [0.29, 0.717) is 16.5 Å². The lowest BCUT2D eigenvalue weighted by Crippen LogP contribution is -2.61. The Labute approximate surface area is 464 Å². The lowest BCUT2D eigenvalue weighted by atomic mass is 9.97. The summed E-state index contributed by atoms with van der Waals surface area (Å²) in [6.45, 7) is 8.40. The van der Waals surface area contributed by atoms with E-state index < -0.39 is 194 Å². The Kier molecular flexibility index (Phi) is 27.5. The Bertz CT molecular complexity index is 2610. The summed E-state index contributed by atoms with van der Waals surface area (Å²) in [6, 6.07) is -7.78. The average molecular weight is 1150 g/mol. The highest BCUT2D eigenvalue weighted by molar-refractivity contribution is 7.80. The number of carboxylic acid groups (broad SMARTS) is 4. The summed E-state index contributed by atoms with van der Waals surface area (Å²) in [7, 11) is 0. The number of thiol groups is 1. The van der Waals surface area contributed by atoms with E-state index in [2.05, 4.69) is 65.5 Å². The number of nitrogens with one attached hydrogen (secondary N) is 10. The molecule has 2 rings (SSSR count). The van der Waals surface area contributed by atoms with Crippen LogP contribution in [0, 0.1) is 17.8 Å².